The highest BCUT2D eigenvalue weighted by Crippen LogP contribution is 2.07. The van der Waals surface area contributed by atoms with Gasteiger partial charge < -0.3 is 5.73 Å². The molecule has 0 fully saturated rings. The Morgan fingerprint density at radius 3 is 3.00 bits per heavy atom. The Labute approximate surface area is 62.7 Å². The van der Waals surface area contributed by atoms with Gasteiger partial charge in [-0.2, -0.15) is 4.99 Å². The van der Waals surface area contributed by atoms with Crippen molar-refractivity contribution in [1.29, 1.82) is 0 Å². The topological polar surface area (TPSA) is 80.2 Å². The Bertz CT molecular complexity index is 313. The molecule has 56 valence electrons. The summed E-state index contributed by atoms with van der Waals surface area (Å²) in [6.07, 6.45) is 0.706. The smallest absolute Gasteiger partial charge is 0.300 e. The van der Waals surface area contributed by atoms with E-state index < -0.39 is 0 Å². The second-order valence-corrected chi connectivity index (χ2v) is 2.31. The van der Waals surface area contributed by atoms with Crippen molar-refractivity contribution in [1.82, 2.24) is 0 Å². The van der Waals surface area contributed by atoms with Crippen LogP contribution in [0.1, 0.15) is 6.42 Å². The molecule has 0 bridgehead atoms. The molecule has 1 amide bonds. The maximum Gasteiger partial charge on any atom is 0.300 e. The summed E-state index contributed by atoms with van der Waals surface area (Å²) in [5, 5.41) is 0. The van der Waals surface area contributed by atoms with E-state index in [0.29, 0.717) is 24.4 Å². The van der Waals surface area contributed by atoms with E-state index in [4.69, 9.17) is 5.73 Å². The van der Waals surface area contributed by atoms with Crippen LogP contribution < -0.4 is 5.73 Å². The van der Waals surface area contributed by atoms with Crippen molar-refractivity contribution in [2.24, 2.45) is 20.7 Å². The fourth-order valence-corrected chi connectivity index (χ4v) is 1.10. The normalized spacial score (nSPS) is 22.2. The molecule has 0 aromatic carbocycles. The average molecular weight is 150 g/mol. The number of carbonyl (C=O) groups is 1. The van der Waals surface area contributed by atoms with Crippen LogP contribution in [0.4, 0.5) is 0 Å². The van der Waals surface area contributed by atoms with Crippen LogP contribution in [0.3, 0.4) is 0 Å². The number of nitrogens with zero attached hydrogens (tertiary/aromatic N) is 3. The van der Waals surface area contributed by atoms with Crippen LogP contribution in [0.25, 0.3) is 0 Å². The number of amides is 1. The maximum absolute atomic E-state index is 11.0. The maximum atomic E-state index is 11.0. The average Bonchev–Trinajstić information content (AvgIpc) is 2.34. The van der Waals surface area contributed by atoms with Crippen LogP contribution in [0.5, 0.6) is 0 Å². The van der Waals surface area contributed by atoms with Crippen LogP contribution in [-0.2, 0) is 4.79 Å². The molecule has 11 heavy (non-hydrogen) atoms. The molecule has 0 aromatic heterocycles. The highest BCUT2D eigenvalue weighted by Gasteiger charge is 2.25. The third-order valence-electron chi connectivity index (χ3n) is 1.56. The predicted molar refractivity (Wildman–Crippen MR) is 41.0 cm³/mol. The van der Waals surface area contributed by atoms with E-state index in [1.807, 2.05) is 0 Å². The van der Waals surface area contributed by atoms with Gasteiger partial charge >= 0.3 is 0 Å². The fourth-order valence-electron chi connectivity index (χ4n) is 1.10. The number of aliphatic imine (C=N–C) groups is 3. The molecule has 2 heterocycles. The summed E-state index contributed by atoms with van der Waals surface area (Å²) in [6, 6.07) is 0. The molecule has 0 saturated heterocycles. The van der Waals surface area contributed by atoms with Crippen molar-refractivity contribution in [3.8, 4) is 0 Å². The van der Waals surface area contributed by atoms with Gasteiger partial charge in [0, 0.05) is 13.0 Å². The molecule has 2 aliphatic heterocycles. The van der Waals surface area contributed by atoms with Crippen LogP contribution in [0, 0.1) is 0 Å². The summed E-state index contributed by atoms with van der Waals surface area (Å²) in [4.78, 5) is 22.3. The summed E-state index contributed by atoms with van der Waals surface area (Å²) < 4.78 is 0. The summed E-state index contributed by atoms with van der Waals surface area (Å²) in [6.45, 7) is 0.628. The molecule has 0 saturated carbocycles. The minimum absolute atomic E-state index is 0.0471. The van der Waals surface area contributed by atoms with Crippen LogP contribution in [-0.4, -0.2) is 29.8 Å². The summed E-state index contributed by atoms with van der Waals surface area (Å²) in [7, 11) is 0. The van der Waals surface area contributed by atoms with Gasteiger partial charge in [0.1, 0.15) is 5.71 Å². The highest BCUT2D eigenvalue weighted by atomic mass is 16.1. The lowest BCUT2D eigenvalue weighted by Gasteiger charge is -2.03. The van der Waals surface area contributed by atoms with Crippen molar-refractivity contribution in [3.05, 3.63) is 0 Å². The molecule has 5 heteroatoms. The first-order valence-electron chi connectivity index (χ1n) is 3.28. The molecular formula is C6H6N4O. The van der Waals surface area contributed by atoms with Crippen molar-refractivity contribution in [2.45, 2.75) is 6.42 Å². The van der Waals surface area contributed by atoms with Gasteiger partial charge in [0.15, 0.2) is 0 Å². The van der Waals surface area contributed by atoms with Crippen molar-refractivity contribution < 1.29 is 4.79 Å². The first-order chi connectivity index (χ1) is 5.27. The third-order valence-corrected chi connectivity index (χ3v) is 1.56. The van der Waals surface area contributed by atoms with E-state index in [9.17, 15) is 4.79 Å². The van der Waals surface area contributed by atoms with Crippen LogP contribution in [0.2, 0.25) is 0 Å². The summed E-state index contributed by atoms with van der Waals surface area (Å²) >= 11 is 0. The molecular weight excluding hydrogens is 144 g/mol. The van der Waals surface area contributed by atoms with Gasteiger partial charge in [0.2, 0.25) is 5.96 Å². The molecule has 0 aromatic rings. The Balaban J connectivity index is 2.48. The number of guanidine groups is 1. The molecule has 0 aliphatic carbocycles. The van der Waals surface area contributed by atoms with Gasteiger partial charge in [-0.15, -0.1) is 0 Å². The van der Waals surface area contributed by atoms with E-state index >= 15 is 0 Å². The third kappa shape index (κ3) is 0.849. The molecule has 2 aliphatic rings. The Morgan fingerprint density at radius 2 is 2.18 bits per heavy atom. The molecule has 0 unspecified atom stereocenters. The van der Waals surface area contributed by atoms with E-state index in [1.54, 1.807) is 0 Å². The fraction of sp³-hybridized carbons (Fsp3) is 0.333. The van der Waals surface area contributed by atoms with E-state index in [2.05, 4.69) is 15.0 Å². The van der Waals surface area contributed by atoms with Crippen LogP contribution in [0.15, 0.2) is 15.0 Å². The quantitative estimate of drug-likeness (QED) is 0.487. The second kappa shape index (κ2) is 1.98. The molecule has 0 atom stereocenters. The molecule has 5 nitrogen and oxygen atoms in total. The van der Waals surface area contributed by atoms with Gasteiger partial charge in [-0.1, -0.05) is 0 Å². The Hall–Kier alpha value is -1.52. The first kappa shape index (κ1) is 6.21. The van der Waals surface area contributed by atoms with E-state index in [0.717, 1.165) is 0 Å². The lowest BCUT2D eigenvalue weighted by molar-refractivity contribution is -0.111. The van der Waals surface area contributed by atoms with Crippen molar-refractivity contribution >= 4 is 23.3 Å². The van der Waals surface area contributed by atoms with Gasteiger partial charge in [0.25, 0.3) is 5.91 Å². The molecule has 0 radical (unpaired) electrons. The number of hydrogen-bond acceptors (Lipinski definition) is 4. The highest BCUT2D eigenvalue weighted by molar-refractivity contribution is 6.70. The zero-order chi connectivity index (χ0) is 7.84. The monoisotopic (exact) mass is 150 g/mol. The minimum Gasteiger partial charge on any atom is -0.368 e. The summed E-state index contributed by atoms with van der Waals surface area (Å²) in [5.41, 5.74) is 6.34. The largest absolute Gasteiger partial charge is 0.368 e. The SMILES string of the molecule is NC1=NC(=O)C2=NCCC2=N1. The number of hydrogen-bond donors (Lipinski definition) is 1. The first-order valence-corrected chi connectivity index (χ1v) is 3.28. The Morgan fingerprint density at radius 1 is 1.36 bits per heavy atom. The number of carbonyl (C=O) groups excluding carboxylic acids is 1. The number of nitrogens with two attached hydrogens (primary N) is 1. The van der Waals surface area contributed by atoms with Crippen molar-refractivity contribution in [2.75, 3.05) is 6.54 Å². The number of rotatable bonds is 0. The predicted octanol–water partition coefficient (Wildman–Crippen LogP) is -0.873. The standard InChI is InChI=1S/C6H6N4O/c7-6-9-3-1-2-8-4(3)5(11)10-6/h1-2H2,(H2,7,10,11). The van der Waals surface area contributed by atoms with Gasteiger partial charge in [-0.3, -0.25) is 9.79 Å². The zero-order valence-electron chi connectivity index (χ0n) is 5.74. The van der Waals surface area contributed by atoms with Gasteiger partial charge in [-0.05, 0) is 0 Å². The van der Waals surface area contributed by atoms with Crippen molar-refractivity contribution in [3.63, 3.8) is 0 Å². The van der Waals surface area contributed by atoms with E-state index in [1.165, 1.54) is 0 Å². The van der Waals surface area contributed by atoms with Gasteiger partial charge in [-0.25, -0.2) is 4.99 Å². The number of fused-ring (bicyclic) bond motifs is 1. The van der Waals surface area contributed by atoms with Crippen LogP contribution >= 0.6 is 0 Å². The minimum atomic E-state index is -0.356. The summed E-state index contributed by atoms with van der Waals surface area (Å²) in [5.74, 6) is -0.309. The lowest BCUT2D eigenvalue weighted by atomic mass is 10.2. The van der Waals surface area contributed by atoms with E-state index in [-0.39, 0.29) is 11.9 Å². The van der Waals surface area contributed by atoms with Gasteiger partial charge in [0.05, 0.1) is 5.71 Å². The second-order valence-electron chi connectivity index (χ2n) is 2.31. The zero-order valence-corrected chi connectivity index (χ0v) is 5.74. The molecule has 2 N–H and O–H groups in total. The Kier molecular flexibility index (Phi) is 1.12. The molecule has 0 spiro atoms. The molecule has 2 rings (SSSR count). The lowest BCUT2D eigenvalue weighted by Crippen LogP contribution is -2.28.